The first kappa shape index (κ1) is 24.1. The van der Waals surface area contributed by atoms with E-state index in [0.29, 0.717) is 0 Å². The van der Waals surface area contributed by atoms with Crippen molar-refractivity contribution >= 4 is 76.2 Å². The molecule has 0 aliphatic carbocycles. The van der Waals surface area contributed by atoms with Gasteiger partial charge in [-0.15, -0.1) is 0 Å². The Bertz CT molecular complexity index is 1130. The molecule has 3 aliphatic rings. The summed E-state index contributed by atoms with van der Waals surface area (Å²) in [6.45, 7) is 5.04. The molecule has 0 N–H and O–H groups in total. The molecule has 0 bridgehead atoms. The summed E-state index contributed by atoms with van der Waals surface area (Å²) in [5, 5.41) is 2.52. The van der Waals surface area contributed by atoms with E-state index in [1.165, 1.54) is 0 Å². The number of hydrogen-bond donors (Lipinski definition) is 0. The molecule has 3 aromatic rings. The Morgan fingerprint density at radius 2 is 0.838 bits per heavy atom. The van der Waals surface area contributed by atoms with Gasteiger partial charge in [0.25, 0.3) is 7.12 Å². The van der Waals surface area contributed by atoms with Crippen LogP contribution in [-0.2, 0) is 12.2 Å². The third-order valence-electron chi connectivity index (χ3n) is 7.51. The SMILES string of the molecule is S=C1N([BH-](N2CCN(c3ccccc3)C2=S)N2CCN(c3ccccc3)C2=[S+])CCN1c1ccccc1. The van der Waals surface area contributed by atoms with Crippen LogP contribution < -0.4 is 14.7 Å². The van der Waals surface area contributed by atoms with E-state index in [9.17, 15) is 0 Å². The van der Waals surface area contributed by atoms with Crippen molar-refractivity contribution in [2.45, 2.75) is 0 Å². The van der Waals surface area contributed by atoms with Gasteiger partial charge in [-0.1, -0.05) is 54.6 Å². The molecule has 0 atom stereocenters. The van der Waals surface area contributed by atoms with Crippen molar-refractivity contribution in [3.63, 3.8) is 0 Å². The summed E-state index contributed by atoms with van der Waals surface area (Å²) < 4.78 is 0. The Balaban J connectivity index is 1.32. The largest absolute Gasteiger partial charge is 0.574 e. The van der Waals surface area contributed by atoms with E-state index < -0.39 is 7.12 Å². The van der Waals surface area contributed by atoms with Crippen molar-refractivity contribution in [3.8, 4) is 0 Å². The van der Waals surface area contributed by atoms with Crippen LogP contribution in [0.25, 0.3) is 0 Å². The number of anilines is 3. The number of nitrogens with zero attached hydrogens (tertiary/aromatic N) is 6. The number of para-hydroxylation sites is 3. The summed E-state index contributed by atoms with van der Waals surface area (Å²) >= 11 is 18.4. The maximum absolute atomic E-state index is 6.12. The van der Waals surface area contributed by atoms with Gasteiger partial charge in [-0.3, -0.25) is 4.90 Å². The first-order valence-electron chi connectivity index (χ1n) is 12.7. The summed E-state index contributed by atoms with van der Waals surface area (Å²) in [7, 11) is -1.34. The van der Waals surface area contributed by atoms with Gasteiger partial charge >= 0.3 is 17.3 Å². The molecule has 0 aromatic heterocycles. The van der Waals surface area contributed by atoms with Crippen LogP contribution in [0, 0.1) is 0 Å². The first-order valence-corrected chi connectivity index (χ1v) is 13.9. The van der Waals surface area contributed by atoms with Crippen LogP contribution in [0.2, 0.25) is 0 Å². The molecule has 37 heavy (non-hydrogen) atoms. The van der Waals surface area contributed by atoms with Crippen molar-refractivity contribution in [2.75, 3.05) is 54.0 Å². The molecule has 0 saturated carbocycles. The van der Waals surface area contributed by atoms with Crippen LogP contribution in [-0.4, -0.2) is 76.2 Å². The molecule has 6 rings (SSSR count). The van der Waals surface area contributed by atoms with Crippen LogP contribution in [0.4, 0.5) is 17.1 Å². The molecule has 0 unspecified atom stereocenters. The Hall–Kier alpha value is -3.21. The molecule has 187 valence electrons. The second-order valence-corrected chi connectivity index (χ2v) is 10.6. The third kappa shape index (κ3) is 4.43. The molecule has 3 heterocycles. The maximum atomic E-state index is 6.12. The minimum atomic E-state index is -1.34. The van der Waals surface area contributed by atoms with Crippen molar-refractivity contribution in [2.24, 2.45) is 0 Å². The van der Waals surface area contributed by atoms with Crippen molar-refractivity contribution in [1.29, 1.82) is 0 Å². The van der Waals surface area contributed by atoms with Gasteiger partial charge in [-0.05, 0) is 60.8 Å². The molecule has 0 amide bonds. The monoisotopic (exact) mass is 543 g/mol. The topological polar surface area (TPSA) is 19.4 Å². The Kier molecular flexibility index (Phi) is 6.71. The molecule has 10 heteroatoms. The lowest BCUT2D eigenvalue weighted by atomic mass is 9.84. The fraction of sp³-hybridized carbons (Fsp3) is 0.222. The van der Waals surface area contributed by atoms with Gasteiger partial charge in [-0.25, -0.2) is 0 Å². The summed E-state index contributed by atoms with van der Waals surface area (Å²) in [5.41, 5.74) is 3.37. The van der Waals surface area contributed by atoms with Crippen molar-refractivity contribution in [1.82, 2.24) is 14.4 Å². The van der Waals surface area contributed by atoms with E-state index >= 15 is 0 Å². The zero-order chi connectivity index (χ0) is 25.4. The molecular formula is C27H28BN6S3. The molecular weight excluding hydrogens is 515 g/mol. The zero-order valence-corrected chi connectivity index (χ0v) is 23.0. The minimum Gasteiger partial charge on any atom is -0.486 e. The highest BCUT2D eigenvalue weighted by Crippen LogP contribution is 2.29. The van der Waals surface area contributed by atoms with E-state index in [2.05, 4.69) is 102 Å². The number of hydrogen-bond acceptors (Lipinski definition) is 3. The summed E-state index contributed by atoms with van der Waals surface area (Å²) in [6.07, 6.45) is 0. The molecule has 0 spiro atoms. The Morgan fingerprint density at radius 3 is 1.27 bits per heavy atom. The van der Waals surface area contributed by atoms with Crippen LogP contribution in [0.1, 0.15) is 0 Å². The van der Waals surface area contributed by atoms with Gasteiger partial charge in [0.1, 0.15) is 10.2 Å². The fourth-order valence-electron chi connectivity index (χ4n) is 5.70. The highest BCUT2D eigenvalue weighted by molar-refractivity contribution is 7.81. The number of benzene rings is 3. The lowest BCUT2D eigenvalue weighted by Gasteiger charge is -2.49. The highest BCUT2D eigenvalue weighted by atomic mass is 32.1. The fourth-order valence-corrected chi connectivity index (χ4v) is 6.91. The van der Waals surface area contributed by atoms with E-state index in [0.717, 1.165) is 71.7 Å². The van der Waals surface area contributed by atoms with Gasteiger partial charge in [0, 0.05) is 56.3 Å². The quantitative estimate of drug-likeness (QED) is 0.263. The second-order valence-electron chi connectivity index (χ2n) is 9.52. The van der Waals surface area contributed by atoms with Gasteiger partial charge in [-0.2, -0.15) is 0 Å². The third-order valence-corrected chi connectivity index (χ3v) is 8.95. The molecule has 3 aromatic carbocycles. The second kappa shape index (κ2) is 10.3. The lowest BCUT2D eigenvalue weighted by molar-refractivity contribution is 0.494. The van der Waals surface area contributed by atoms with E-state index in [4.69, 9.17) is 36.7 Å². The predicted octanol–water partition coefficient (Wildman–Crippen LogP) is 3.37. The Labute approximate surface area is 234 Å². The van der Waals surface area contributed by atoms with Gasteiger partial charge in [0.2, 0.25) is 0 Å². The van der Waals surface area contributed by atoms with Crippen LogP contribution in [0.5, 0.6) is 0 Å². The smallest absolute Gasteiger partial charge is 0.486 e. The Morgan fingerprint density at radius 1 is 0.486 bits per heavy atom. The van der Waals surface area contributed by atoms with Crippen LogP contribution in [0.3, 0.4) is 0 Å². The predicted molar refractivity (Wildman–Crippen MR) is 166 cm³/mol. The maximum Gasteiger partial charge on any atom is 0.574 e. The molecule has 3 fully saturated rings. The van der Waals surface area contributed by atoms with Crippen LogP contribution in [0.15, 0.2) is 91.0 Å². The van der Waals surface area contributed by atoms with Crippen molar-refractivity contribution < 1.29 is 0 Å². The zero-order valence-electron chi connectivity index (χ0n) is 20.5. The molecule has 3 saturated heterocycles. The lowest BCUT2D eigenvalue weighted by Crippen LogP contribution is -2.65. The van der Waals surface area contributed by atoms with Crippen molar-refractivity contribution in [3.05, 3.63) is 91.0 Å². The van der Waals surface area contributed by atoms with Gasteiger partial charge < -0.3 is 24.2 Å². The summed E-state index contributed by atoms with van der Waals surface area (Å²) in [5.74, 6) is 0. The standard InChI is InChI=1S/C27H28BN6S3/c35-25-29(22-10-4-1-5-11-22)16-19-32(25)28(33-20-17-30(26(33)36)23-12-6-2-7-13-23)34-21-18-31(27(34)37)24-14-8-3-9-15-24/h1-15,28H,16-21H2. The average molecular weight is 544 g/mol. The van der Waals surface area contributed by atoms with Gasteiger partial charge in [0.05, 0.1) is 0 Å². The molecule has 1 radical (unpaired) electrons. The highest BCUT2D eigenvalue weighted by Gasteiger charge is 2.44. The summed E-state index contributed by atoms with van der Waals surface area (Å²) in [6, 6.07) is 31.2. The summed E-state index contributed by atoms with van der Waals surface area (Å²) in [4.78, 5) is 13.8. The molecule has 3 aliphatic heterocycles. The number of rotatable bonds is 6. The van der Waals surface area contributed by atoms with Gasteiger partial charge in [0.15, 0.2) is 0 Å². The normalized spacial score (nSPS) is 18.2. The minimum absolute atomic E-state index is 0.836. The number of thiocarbonyl (C=S) groups is 3. The molecule has 6 nitrogen and oxygen atoms in total. The van der Waals surface area contributed by atoms with E-state index in [-0.39, 0.29) is 0 Å². The average Bonchev–Trinajstić information content (AvgIpc) is 3.64. The van der Waals surface area contributed by atoms with E-state index in [1.54, 1.807) is 0 Å². The van der Waals surface area contributed by atoms with E-state index in [1.807, 2.05) is 18.2 Å². The first-order chi connectivity index (χ1) is 18.1. The van der Waals surface area contributed by atoms with Crippen LogP contribution >= 0.6 is 24.4 Å².